The highest BCUT2D eigenvalue weighted by Gasteiger charge is 2.28. The third-order valence-corrected chi connectivity index (χ3v) is 5.92. The van der Waals surface area contributed by atoms with E-state index < -0.39 is 9.84 Å². The summed E-state index contributed by atoms with van der Waals surface area (Å²) in [7, 11) is -2.87. The molecule has 2 N–H and O–H groups in total. The molecule has 2 saturated heterocycles. The zero-order valence-corrected chi connectivity index (χ0v) is 15.1. The molecule has 2 aliphatic heterocycles. The lowest BCUT2D eigenvalue weighted by Crippen LogP contribution is -2.44. The van der Waals surface area contributed by atoms with Crippen LogP contribution in [0.1, 0.15) is 20.3 Å². The predicted molar refractivity (Wildman–Crippen MR) is 92.6 cm³/mol. The van der Waals surface area contributed by atoms with Crippen molar-refractivity contribution in [1.82, 2.24) is 15.5 Å². The lowest BCUT2D eigenvalue weighted by Gasteiger charge is -2.28. The predicted octanol–water partition coefficient (Wildman–Crippen LogP) is -0.303. The van der Waals surface area contributed by atoms with Crippen LogP contribution in [-0.4, -0.2) is 82.8 Å². The first-order chi connectivity index (χ1) is 11.0. The van der Waals surface area contributed by atoms with E-state index in [9.17, 15) is 8.42 Å². The molecule has 0 saturated carbocycles. The lowest BCUT2D eigenvalue weighted by atomic mass is 10.1. The fraction of sp³-hybridized carbons (Fsp3) is 0.933. The summed E-state index contributed by atoms with van der Waals surface area (Å²) in [6, 6.07) is -0.0210. The monoisotopic (exact) mass is 346 g/mol. The van der Waals surface area contributed by atoms with Gasteiger partial charge >= 0.3 is 0 Å². The summed E-state index contributed by atoms with van der Waals surface area (Å²) in [6.07, 6.45) is 0.663. The Balaban J connectivity index is 1.80. The second-order valence-corrected chi connectivity index (χ2v) is 8.71. The summed E-state index contributed by atoms with van der Waals surface area (Å²) in [5, 5.41) is 6.46. The minimum Gasteiger partial charge on any atom is -0.379 e. The van der Waals surface area contributed by atoms with Gasteiger partial charge in [-0.25, -0.2) is 8.42 Å². The van der Waals surface area contributed by atoms with Crippen LogP contribution in [0.25, 0.3) is 0 Å². The summed E-state index contributed by atoms with van der Waals surface area (Å²) >= 11 is 0. The number of guanidine groups is 1. The van der Waals surface area contributed by atoms with Crippen molar-refractivity contribution >= 4 is 15.8 Å². The molecule has 7 nitrogen and oxygen atoms in total. The Morgan fingerprint density at radius 1 is 1.39 bits per heavy atom. The van der Waals surface area contributed by atoms with Crippen molar-refractivity contribution in [3.05, 3.63) is 0 Å². The van der Waals surface area contributed by atoms with Gasteiger partial charge in [0.2, 0.25) is 0 Å². The number of ether oxygens (including phenoxy) is 1. The molecule has 0 aromatic rings. The fourth-order valence-corrected chi connectivity index (χ4v) is 4.62. The highest BCUT2D eigenvalue weighted by atomic mass is 32.2. The van der Waals surface area contributed by atoms with Crippen LogP contribution in [-0.2, 0) is 14.6 Å². The topological polar surface area (TPSA) is 83.0 Å². The molecule has 0 aromatic heterocycles. The lowest BCUT2D eigenvalue weighted by molar-refractivity contribution is 0.0323. The summed E-state index contributed by atoms with van der Waals surface area (Å²) in [6.45, 7) is 10.3. The first kappa shape index (κ1) is 18.5. The van der Waals surface area contributed by atoms with Gasteiger partial charge in [0.05, 0.1) is 24.7 Å². The minimum absolute atomic E-state index is 0.0210. The third-order valence-electron chi connectivity index (χ3n) is 4.15. The summed E-state index contributed by atoms with van der Waals surface area (Å²) in [5.74, 6) is 1.66. The molecule has 2 fully saturated rings. The van der Waals surface area contributed by atoms with Gasteiger partial charge in [-0.05, 0) is 19.3 Å². The van der Waals surface area contributed by atoms with E-state index in [1.54, 1.807) is 0 Å². The zero-order valence-electron chi connectivity index (χ0n) is 14.3. The SMILES string of the molecule is CCNC(=NCC(C)CN1CCOCC1)NC1CCS(=O)(=O)C1. The molecule has 0 spiro atoms. The molecule has 0 bridgehead atoms. The molecule has 2 atom stereocenters. The largest absolute Gasteiger partial charge is 0.379 e. The van der Waals surface area contributed by atoms with Gasteiger partial charge in [0.15, 0.2) is 15.8 Å². The molecule has 0 aliphatic carbocycles. The smallest absolute Gasteiger partial charge is 0.191 e. The molecular weight excluding hydrogens is 316 g/mol. The Labute approximate surface area is 139 Å². The van der Waals surface area contributed by atoms with Gasteiger partial charge in [0.25, 0.3) is 0 Å². The molecule has 0 radical (unpaired) electrons. The van der Waals surface area contributed by atoms with Crippen LogP contribution in [0.4, 0.5) is 0 Å². The molecule has 23 heavy (non-hydrogen) atoms. The van der Waals surface area contributed by atoms with E-state index in [0.717, 1.165) is 51.9 Å². The number of hydrogen-bond acceptors (Lipinski definition) is 5. The average Bonchev–Trinajstić information content (AvgIpc) is 2.85. The second kappa shape index (κ2) is 8.84. The summed E-state index contributed by atoms with van der Waals surface area (Å²) in [4.78, 5) is 7.04. The van der Waals surface area contributed by atoms with Crippen LogP contribution in [0, 0.1) is 5.92 Å². The molecule has 2 heterocycles. The average molecular weight is 346 g/mol. The van der Waals surface area contributed by atoms with Crippen LogP contribution < -0.4 is 10.6 Å². The van der Waals surface area contributed by atoms with Crippen molar-refractivity contribution in [2.75, 3.05) is 57.4 Å². The van der Waals surface area contributed by atoms with Crippen molar-refractivity contribution in [3.8, 4) is 0 Å². The number of sulfone groups is 1. The fourth-order valence-electron chi connectivity index (χ4n) is 2.95. The van der Waals surface area contributed by atoms with Gasteiger partial charge in [-0.1, -0.05) is 6.92 Å². The second-order valence-electron chi connectivity index (χ2n) is 6.48. The number of aliphatic imine (C=N–C) groups is 1. The van der Waals surface area contributed by atoms with Gasteiger partial charge < -0.3 is 15.4 Å². The van der Waals surface area contributed by atoms with Crippen molar-refractivity contribution in [2.45, 2.75) is 26.3 Å². The molecule has 2 aliphatic rings. The van der Waals surface area contributed by atoms with Crippen molar-refractivity contribution in [3.63, 3.8) is 0 Å². The molecule has 2 rings (SSSR count). The van der Waals surface area contributed by atoms with Crippen molar-refractivity contribution in [2.24, 2.45) is 10.9 Å². The van der Waals surface area contributed by atoms with E-state index in [1.807, 2.05) is 6.92 Å². The number of nitrogens with zero attached hydrogens (tertiary/aromatic N) is 2. The van der Waals surface area contributed by atoms with Crippen LogP contribution in [0.15, 0.2) is 4.99 Å². The number of nitrogens with one attached hydrogen (secondary N) is 2. The molecule has 134 valence electrons. The van der Waals surface area contributed by atoms with Crippen molar-refractivity contribution in [1.29, 1.82) is 0 Å². The molecule has 2 unspecified atom stereocenters. The number of morpholine rings is 1. The highest BCUT2D eigenvalue weighted by Crippen LogP contribution is 2.11. The summed E-state index contributed by atoms with van der Waals surface area (Å²) in [5.41, 5.74) is 0. The molecule has 0 aromatic carbocycles. The van der Waals surface area contributed by atoms with E-state index in [0.29, 0.717) is 12.3 Å². The van der Waals surface area contributed by atoms with Gasteiger partial charge in [-0.3, -0.25) is 9.89 Å². The Morgan fingerprint density at radius 3 is 2.74 bits per heavy atom. The maximum atomic E-state index is 11.6. The Bertz CT molecular complexity index is 489. The normalized spacial score (nSPS) is 26.9. The zero-order chi connectivity index (χ0) is 16.7. The van der Waals surface area contributed by atoms with Gasteiger partial charge in [-0.15, -0.1) is 0 Å². The van der Waals surface area contributed by atoms with Crippen LogP contribution in [0.2, 0.25) is 0 Å². The van der Waals surface area contributed by atoms with Gasteiger partial charge in [0, 0.05) is 38.8 Å². The van der Waals surface area contributed by atoms with Crippen molar-refractivity contribution < 1.29 is 13.2 Å². The molecule has 8 heteroatoms. The standard InChI is InChI=1S/C15H30N4O3S/c1-3-16-15(18-14-4-9-23(20,21)12-14)17-10-13(2)11-19-5-7-22-8-6-19/h13-14H,3-12H2,1-2H3,(H2,16,17,18). The Hall–Kier alpha value is -0.860. The Kier molecular flexibility index (Phi) is 7.10. The minimum atomic E-state index is -2.87. The van der Waals surface area contributed by atoms with E-state index in [1.165, 1.54) is 0 Å². The molecular formula is C15H30N4O3S. The van der Waals surface area contributed by atoms with E-state index in [4.69, 9.17) is 4.74 Å². The highest BCUT2D eigenvalue weighted by molar-refractivity contribution is 7.91. The van der Waals surface area contributed by atoms with Crippen LogP contribution in [0.5, 0.6) is 0 Å². The van der Waals surface area contributed by atoms with E-state index in [-0.39, 0.29) is 17.5 Å². The first-order valence-corrected chi connectivity index (χ1v) is 10.4. The summed E-state index contributed by atoms with van der Waals surface area (Å²) < 4.78 is 28.5. The van der Waals surface area contributed by atoms with Gasteiger partial charge in [-0.2, -0.15) is 0 Å². The van der Waals surface area contributed by atoms with Crippen LogP contribution in [0.3, 0.4) is 0 Å². The maximum absolute atomic E-state index is 11.6. The third kappa shape index (κ3) is 6.64. The molecule has 0 amide bonds. The van der Waals surface area contributed by atoms with Gasteiger partial charge in [0.1, 0.15) is 0 Å². The van der Waals surface area contributed by atoms with Crippen LogP contribution >= 0.6 is 0 Å². The maximum Gasteiger partial charge on any atom is 0.191 e. The number of hydrogen-bond donors (Lipinski definition) is 2. The van der Waals surface area contributed by atoms with E-state index >= 15 is 0 Å². The number of rotatable bonds is 6. The van der Waals surface area contributed by atoms with E-state index in [2.05, 4.69) is 27.4 Å². The Morgan fingerprint density at radius 2 is 2.13 bits per heavy atom. The first-order valence-electron chi connectivity index (χ1n) is 8.54. The quantitative estimate of drug-likeness (QED) is 0.507.